The molecule has 0 aliphatic rings. The molecule has 2 atom stereocenters. The molecule has 0 spiro atoms. The van der Waals surface area contributed by atoms with Crippen molar-refractivity contribution in [2.75, 3.05) is 6.54 Å². The summed E-state index contributed by atoms with van der Waals surface area (Å²) in [6.45, 7) is 6.68. The van der Waals surface area contributed by atoms with E-state index in [-0.39, 0.29) is 0 Å². The molecule has 0 saturated carbocycles. The molecule has 1 aromatic carbocycles. The lowest BCUT2D eigenvalue weighted by Crippen LogP contribution is -2.24. The van der Waals surface area contributed by atoms with Crippen molar-refractivity contribution in [3.05, 3.63) is 29.8 Å². The molecular weight excluding hydrogens is 326 g/mol. The monoisotopic (exact) mass is 347 g/mol. The second-order valence-corrected chi connectivity index (χ2v) is 7.62. The first-order chi connectivity index (χ1) is 8.92. The van der Waals surface area contributed by atoms with Gasteiger partial charge < -0.3 is 0 Å². The van der Waals surface area contributed by atoms with E-state index in [1.165, 1.54) is 0 Å². The Kier molecular flexibility index (Phi) is 6.50. The molecule has 1 N–H and O–H groups in total. The minimum Gasteiger partial charge on any atom is -0.211 e. The minimum atomic E-state index is -3.35. The molecular formula is C14H22BrNO2S. The van der Waals surface area contributed by atoms with Crippen molar-refractivity contribution in [3.8, 4) is 0 Å². The summed E-state index contributed by atoms with van der Waals surface area (Å²) in [7, 11) is -3.35. The zero-order valence-corrected chi connectivity index (χ0v) is 14.1. The van der Waals surface area contributed by atoms with Gasteiger partial charge in [-0.1, -0.05) is 48.8 Å². The molecule has 0 saturated heterocycles. The molecule has 0 amide bonds. The zero-order valence-electron chi connectivity index (χ0n) is 11.7. The summed E-state index contributed by atoms with van der Waals surface area (Å²) in [5, 5.41) is 0. The summed E-state index contributed by atoms with van der Waals surface area (Å²) < 4.78 is 26.5. The van der Waals surface area contributed by atoms with Crippen LogP contribution in [0, 0.1) is 0 Å². The van der Waals surface area contributed by atoms with Gasteiger partial charge in [0.05, 0.1) is 4.90 Å². The molecule has 5 heteroatoms. The van der Waals surface area contributed by atoms with Crippen molar-refractivity contribution >= 4 is 26.0 Å². The predicted octanol–water partition coefficient (Wildman–Crippen LogP) is 3.65. The Balaban J connectivity index is 2.87. The lowest BCUT2D eigenvalue weighted by atomic mass is 9.97. The molecule has 3 nitrogen and oxygen atoms in total. The van der Waals surface area contributed by atoms with E-state index < -0.39 is 10.0 Å². The topological polar surface area (TPSA) is 46.2 Å². The molecule has 19 heavy (non-hydrogen) atoms. The van der Waals surface area contributed by atoms with Crippen LogP contribution in [-0.4, -0.2) is 19.8 Å². The summed E-state index contributed by atoms with van der Waals surface area (Å²) in [6.07, 6.45) is 1.83. The standard InChI is InChI=1S/C14H22BrNO2S/c1-4-10-16-19(17,18)13-8-6-12(7-9-13)11(3)14(15)5-2/h6-9,11,14,16H,4-5,10H2,1-3H3. The largest absolute Gasteiger partial charge is 0.240 e. The highest BCUT2D eigenvalue weighted by Crippen LogP contribution is 2.27. The van der Waals surface area contributed by atoms with E-state index in [1.54, 1.807) is 12.1 Å². The Labute approximate surface area is 125 Å². The SMILES string of the molecule is CCCNS(=O)(=O)c1ccc(C(C)C(Br)CC)cc1. The van der Waals surface area contributed by atoms with Gasteiger partial charge in [-0.25, -0.2) is 13.1 Å². The number of rotatable bonds is 7. The van der Waals surface area contributed by atoms with Crippen LogP contribution in [0.4, 0.5) is 0 Å². The van der Waals surface area contributed by atoms with E-state index in [0.717, 1.165) is 18.4 Å². The second kappa shape index (κ2) is 7.41. The Morgan fingerprint density at radius 2 is 1.79 bits per heavy atom. The number of benzene rings is 1. The third kappa shape index (κ3) is 4.58. The molecule has 0 aromatic heterocycles. The number of hydrogen-bond donors (Lipinski definition) is 1. The van der Waals surface area contributed by atoms with E-state index in [9.17, 15) is 8.42 Å². The number of nitrogens with one attached hydrogen (secondary N) is 1. The Morgan fingerprint density at radius 3 is 2.26 bits per heavy atom. The molecule has 0 radical (unpaired) electrons. The quantitative estimate of drug-likeness (QED) is 0.765. The average Bonchev–Trinajstić information content (AvgIpc) is 2.43. The maximum absolute atomic E-state index is 11.9. The van der Waals surface area contributed by atoms with Crippen LogP contribution in [0.2, 0.25) is 0 Å². The maximum Gasteiger partial charge on any atom is 0.240 e. The second-order valence-electron chi connectivity index (χ2n) is 4.68. The molecule has 0 aliphatic heterocycles. The fraction of sp³-hybridized carbons (Fsp3) is 0.571. The highest BCUT2D eigenvalue weighted by molar-refractivity contribution is 9.09. The molecule has 0 heterocycles. The molecule has 1 aromatic rings. The van der Waals surface area contributed by atoms with Gasteiger partial charge in [-0.05, 0) is 36.5 Å². The maximum atomic E-state index is 11.9. The predicted molar refractivity (Wildman–Crippen MR) is 83.3 cm³/mol. The van der Waals surface area contributed by atoms with Gasteiger partial charge in [0.2, 0.25) is 10.0 Å². The van der Waals surface area contributed by atoms with E-state index in [4.69, 9.17) is 0 Å². The summed E-state index contributed by atoms with van der Waals surface area (Å²) in [4.78, 5) is 0.743. The molecule has 0 aliphatic carbocycles. The van der Waals surface area contributed by atoms with Crippen molar-refractivity contribution in [3.63, 3.8) is 0 Å². The summed E-state index contributed by atoms with van der Waals surface area (Å²) in [6, 6.07) is 7.16. The normalized spacial score (nSPS) is 15.2. The van der Waals surface area contributed by atoms with Crippen molar-refractivity contribution in [2.45, 2.75) is 49.3 Å². The molecule has 2 unspecified atom stereocenters. The van der Waals surface area contributed by atoms with E-state index in [1.807, 2.05) is 19.1 Å². The number of hydrogen-bond acceptors (Lipinski definition) is 2. The van der Waals surface area contributed by atoms with Gasteiger partial charge in [0, 0.05) is 11.4 Å². The van der Waals surface area contributed by atoms with Crippen molar-refractivity contribution in [2.24, 2.45) is 0 Å². The summed E-state index contributed by atoms with van der Waals surface area (Å²) in [5.41, 5.74) is 1.15. The van der Waals surface area contributed by atoms with E-state index in [2.05, 4.69) is 34.5 Å². The van der Waals surface area contributed by atoms with Crippen molar-refractivity contribution in [1.29, 1.82) is 0 Å². The highest BCUT2D eigenvalue weighted by Gasteiger charge is 2.16. The molecule has 108 valence electrons. The van der Waals surface area contributed by atoms with Crippen LogP contribution in [0.1, 0.15) is 45.1 Å². The average molecular weight is 348 g/mol. The Morgan fingerprint density at radius 1 is 1.21 bits per heavy atom. The first-order valence-corrected chi connectivity index (χ1v) is 9.06. The minimum absolute atomic E-state index is 0.333. The van der Waals surface area contributed by atoms with Crippen LogP contribution in [0.3, 0.4) is 0 Å². The van der Waals surface area contributed by atoms with Crippen LogP contribution in [-0.2, 0) is 10.0 Å². The van der Waals surface area contributed by atoms with Crippen LogP contribution < -0.4 is 4.72 Å². The van der Waals surface area contributed by atoms with Crippen LogP contribution in [0.5, 0.6) is 0 Å². The Bertz CT molecular complexity index is 485. The Hall–Kier alpha value is -0.390. The molecule has 0 bridgehead atoms. The first-order valence-electron chi connectivity index (χ1n) is 6.66. The van der Waals surface area contributed by atoms with Crippen molar-refractivity contribution in [1.82, 2.24) is 4.72 Å². The van der Waals surface area contributed by atoms with E-state index in [0.29, 0.717) is 22.2 Å². The highest BCUT2D eigenvalue weighted by atomic mass is 79.9. The van der Waals surface area contributed by atoms with Gasteiger partial charge in [0.25, 0.3) is 0 Å². The fourth-order valence-corrected chi connectivity index (χ4v) is 3.27. The number of sulfonamides is 1. The fourth-order valence-electron chi connectivity index (χ4n) is 1.83. The van der Waals surface area contributed by atoms with Crippen LogP contribution in [0.25, 0.3) is 0 Å². The van der Waals surface area contributed by atoms with Crippen LogP contribution in [0.15, 0.2) is 29.2 Å². The van der Waals surface area contributed by atoms with Gasteiger partial charge in [-0.15, -0.1) is 0 Å². The zero-order chi connectivity index (χ0) is 14.5. The van der Waals surface area contributed by atoms with Gasteiger partial charge in [-0.3, -0.25) is 0 Å². The summed E-state index contributed by atoms with van der Waals surface area (Å²) in [5.74, 6) is 0.366. The van der Waals surface area contributed by atoms with E-state index >= 15 is 0 Å². The smallest absolute Gasteiger partial charge is 0.211 e. The third-order valence-corrected chi connectivity index (χ3v) is 6.11. The molecule has 0 fully saturated rings. The van der Waals surface area contributed by atoms with Crippen LogP contribution >= 0.6 is 15.9 Å². The van der Waals surface area contributed by atoms with Gasteiger partial charge >= 0.3 is 0 Å². The lowest BCUT2D eigenvalue weighted by Gasteiger charge is -2.17. The third-order valence-electron chi connectivity index (χ3n) is 3.19. The van der Waals surface area contributed by atoms with Gasteiger partial charge in [-0.2, -0.15) is 0 Å². The first kappa shape index (κ1) is 16.7. The lowest BCUT2D eigenvalue weighted by molar-refractivity contribution is 0.580. The van der Waals surface area contributed by atoms with Gasteiger partial charge in [0.1, 0.15) is 0 Å². The number of halogens is 1. The summed E-state index contributed by atoms with van der Waals surface area (Å²) >= 11 is 3.64. The number of alkyl halides is 1. The van der Waals surface area contributed by atoms with Gasteiger partial charge in [0.15, 0.2) is 0 Å². The molecule has 1 rings (SSSR count). The van der Waals surface area contributed by atoms with Crippen molar-refractivity contribution < 1.29 is 8.42 Å².